The van der Waals surface area contributed by atoms with Gasteiger partial charge in [0.2, 0.25) is 0 Å². The second-order valence-electron chi connectivity index (χ2n) is 4.79. The van der Waals surface area contributed by atoms with Crippen LogP contribution < -0.4 is 15.2 Å². The van der Waals surface area contributed by atoms with Gasteiger partial charge in [0.1, 0.15) is 13.2 Å². The van der Waals surface area contributed by atoms with Crippen LogP contribution in [0.3, 0.4) is 0 Å². The molecule has 0 amide bonds. The molecule has 2 rings (SSSR count). The Morgan fingerprint density at radius 2 is 2.06 bits per heavy atom. The number of rotatable bonds is 5. The monoisotopic (exact) mass is 250 g/mol. The highest BCUT2D eigenvalue weighted by Crippen LogP contribution is 2.34. The summed E-state index contributed by atoms with van der Waals surface area (Å²) in [5.41, 5.74) is 6.84. The topological polar surface area (TPSA) is 47.7 Å². The predicted molar refractivity (Wildman–Crippen MR) is 72.0 cm³/mol. The van der Waals surface area contributed by atoms with Gasteiger partial charge in [-0.3, -0.25) is 4.90 Å². The van der Waals surface area contributed by atoms with E-state index < -0.39 is 0 Å². The highest BCUT2D eigenvalue weighted by atomic mass is 16.6. The Morgan fingerprint density at radius 3 is 2.78 bits per heavy atom. The minimum absolute atomic E-state index is 0.467. The lowest BCUT2D eigenvalue weighted by Gasteiger charge is -2.28. The van der Waals surface area contributed by atoms with E-state index in [-0.39, 0.29) is 0 Å². The summed E-state index contributed by atoms with van der Waals surface area (Å²) in [6, 6.07) is 6.54. The lowest BCUT2D eigenvalue weighted by Crippen LogP contribution is -2.35. The van der Waals surface area contributed by atoms with Crippen molar-refractivity contribution < 1.29 is 9.47 Å². The molecule has 4 nitrogen and oxygen atoms in total. The molecule has 0 spiro atoms. The molecule has 0 unspecified atom stereocenters. The summed E-state index contributed by atoms with van der Waals surface area (Å²) in [5.74, 6) is 1.75. The Morgan fingerprint density at radius 1 is 1.28 bits per heavy atom. The van der Waals surface area contributed by atoms with E-state index >= 15 is 0 Å². The molecule has 18 heavy (non-hydrogen) atoms. The zero-order valence-corrected chi connectivity index (χ0v) is 11.2. The number of para-hydroxylation sites is 1. The summed E-state index contributed by atoms with van der Waals surface area (Å²) in [6.07, 6.45) is 0. The number of ether oxygens (including phenoxy) is 2. The fraction of sp³-hybridized carbons (Fsp3) is 0.571. The van der Waals surface area contributed by atoms with E-state index in [1.165, 1.54) is 5.56 Å². The molecule has 0 radical (unpaired) electrons. The van der Waals surface area contributed by atoms with Gasteiger partial charge < -0.3 is 15.2 Å². The van der Waals surface area contributed by atoms with Gasteiger partial charge in [-0.05, 0) is 19.9 Å². The molecule has 1 aromatic carbocycles. The molecule has 0 saturated heterocycles. The van der Waals surface area contributed by atoms with Gasteiger partial charge in [0.25, 0.3) is 0 Å². The van der Waals surface area contributed by atoms with Crippen LogP contribution in [-0.4, -0.2) is 37.2 Å². The Balaban J connectivity index is 2.17. The first-order chi connectivity index (χ1) is 8.72. The van der Waals surface area contributed by atoms with Crippen molar-refractivity contribution in [3.8, 4) is 11.5 Å². The van der Waals surface area contributed by atoms with Gasteiger partial charge in [0, 0.05) is 31.2 Å². The van der Waals surface area contributed by atoms with Crippen molar-refractivity contribution in [2.24, 2.45) is 5.73 Å². The highest BCUT2D eigenvalue weighted by Gasteiger charge is 2.18. The van der Waals surface area contributed by atoms with Crippen LogP contribution >= 0.6 is 0 Å². The van der Waals surface area contributed by atoms with Crippen LogP contribution in [0.25, 0.3) is 0 Å². The number of nitrogens with zero attached hydrogens (tertiary/aromatic N) is 1. The van der Waals surface area contributed by atoms with E-state index in [4.69, 9.17) is 15.2 Å². The van der Waals surface area contributed by atoms with Gasteiger partial charge in [0.15, 0.2) is 11.5 Å². The Hall–Kier alpha value is -1.26. The van der Waals surface area contributed by atoms with Crippen molar-refractivity contribution in [3.05, 3.63) is 23.8 Å². The molecule has 0 atom stereocenters. The number of nitrogens with two attached hydrogens (primary N) is 1. The third kappa shape index (κ3) is 2.94. The first-order valence-corrected chi connectivity index (χ1v) is 6.54. The van der Waals surface area contributed by atoms with Crippen LogP contribution in [0.2, 0.25) is 0 Å². The zero-order chi connectivity index (χ0) is 13.0. The first kappa shape index (κ1) is 13.2. The quantitative estimate of drug-likeness (QED) is 0.863. The van der Waals surface area contributed by atoms with Crippen molar-refractivity contribution in [2.45, 2.75) is 26.4 Å². The third-order valence-corrected chi connectivity index (χ3v) is 3.17. The standard InChI is InChI=1S/C14H22N2O2/c1-11(2)16(7-6-15)10-12-4-3-5-13-14(12)18-9-8-17-13/h3-5,11H,6-10,15H2,1-2H3. The second kappa shape index (κ2) is 6.07. The molecule has 4 heteroatoms. The van der Waals surface area contributed by atoms with Crippen molar-refractivity contribution >= 4 is 0 Å². The number of hydrogen-bond donors (Lipinski definition) is 1. The van der Waals surface area contributed by atoms with Gasteiger partial charge in [-0.15, -0.1) is 0 Å². The Labute approximate surface area is 109 Å². The van der Waals surface area contributed by atoms with Crippen LogP contribution in [0.5, 0.6) is 11.5 Å². The van der Waals surface area contributed by atoms with Crippen LogP contribution in [-0.2, 0) is 6.54 Å². The van der Waals surface area contributed by atoms with E-state index in [9.17, 15) is 0 Å². The van der Waals surface area contributed by atoms with Gasteiger partial charge in [-0.2, -0.15) is 0 Å². The van der Waals surface area contributed by atoms with Gasteiger partial charge in [-0.1, -0.05) is 12.1 Å². The van der Waals surface area contributed by atoms with Crippen molar-refractivity contribution in [3.63, 3.8) is 0 Å². The van der Waals surface area contributed by atoms with Crippen LogP contribution in [0.15, 0.2) is 18.2 Å². The molecule has 1 heterocycles. The molecule has 1 aliphatic rings. The molecule has 0 aliphatic carbocycles. The third-order valence-electron chi connectivity index (χ3n) is 3.17. The molecule has 2 N–H and O–H groups in total. The van der Waals surface area contributed by atoms with Crippen LogP contribution in [0, 0.1) is 0 Å². The molecule has 100 valence electrons. The summed E-state index contributed by atoms with van der Waals surface area (Å²) < 4.78 is 11.3. The zero-order valence-electron chi connectivity index (χ0n) is 11.2. The highest BCUT2D eigenvalue weighted by molar-refractivity contribution is 5.47. The molecule has 0 bridgehead atoms. The van der Waals surface area contributed by atoms with Crippen molar-refractivity contribution in [1.29, 1.82) is 0 Å². The SMILES string of the molecule is CC(C)N(CCN)Cc1cccc2c1OCCO2. The van der Waals surface area contributed by atoms with Crippen LogP contribution in [0.4, 0.5) is 0 Å². The second-order valence-corrected chi connectivity index (χ2v) is 4.79. The molecule has 0 saturated carbocycles. The fourth-order valence-corrected chi connectivity index (χ4v) is 2.16. The maximum absolute atomic E-state index is 5.73. The lowest BCUT2D eigenvalue weighted by molar-refractivity contribution is 0.163. The molecule has 0 aromatic heterocycles. The number of hydrogen-bond acceptors (Lipinski definition) is 4. The maximum atomic E-state index is 5.73. The predicted octanol–water partition coefficient (Wildman–Crippen LogP) is 1.63. The summed E-state index contributed by atoms with van der Waals surface area (Å²) in [4.78, 5) is 2.34. The summed E-state index contributed by atoms with van der Waals surface area (Å²) in [5, 5.41) is 0. The van der Waals surface area contributed by atoms with E-state index in [2.05, 4.69) is 24.8 Å². The molecule has 0 fully saturated rings. The Bertz CT molecular complexity index is 393. The summed E-state index contributed by atoms with van der Waals surface area (Å²) >= 11 is 0. The minimum Gasteiger partial charge on any atom is -0.486 e. The molecule has 1 aliphatic heterocycles. The number of benzene rings is 1. The fourth-order valence-electron chi connectivity index (χ4n) is 2.16. The lowest BCUT2D eigenvalue weighted by atomic mass is 10.1. The van der Waals surface area contributed by atoms with E-state index in [1.54, 1.807) is 0 Å². The molecular formula is C14H22N2O2. The average molecular weight is 250 g/mol. The van der Waals surface area contributed by atoms with Gasteiger partial charge in [-0.25, -0.2) is 0 Å². The Kier molecular flexibility index (Phi) is 4.44. The normalized spacial score (nSPS) is 14.3. The smallest absolute Gasteiger partial charge is 0.165 e. The molecule has 1 aromatic rings. The first-order valence-electron chi connectivity index (χ1n) is 6.54. The van der Waals surface area contributed by atoms with Gasteiger partial charge in [0.05, 0.1) is 0 Å². The summed E-state index contributed by atoms with van der Waals surface area (Å²) in [6.45, 7) is 8.04. The molecular weight excluding hydrogens is 228 g/mol. The average Bonchev–Trinajstić information content (AvgIpc) is 2.38. The number of fused-ring (bicyclic) bond motifs is 1. The largest absolute Gasteiger partial charge is 0.486 e. The van der Waals surface area contributed by atoms with Crippen molar-refractivity contribution in [2.75, 3.05) is 26.3 Å². The summed E-state index contributed by atoms with van der Waals surface area (Å²) in [7, 11) is 0. The van der Waals surface area contributed by atoms with Gasteiger partial charge >= 0.3 is 0 Å². The maximum Gasteiger partial charge on any atom is 0.165 e. The van der Waals surface area contributed by atoms with E-state index in [0.29, 0.717) is 25.8 Å². The van der Waals surface area contributed by atoms with Crippen LogP contribution in [0.1, 0.15) is 19.4 Å². The minimum atomic E-state index is 0.467. The van der Waals surface area contributed by atoms with E-state index in [0.717, 1.165) is 24.6 Å². The van der Waals surface area contributed by atoms with E-state index in [1.807, 2.05) is 12.1 Å². The van der Waals surface area contributed by atoms with Crippen molar-refractivity contribution in [1.82, 2.24) is 4.90 Å².